The zero-order chi connectivity index (χ0) is 17.4. The van der Waals surface area contributed by atoms with Gasteiger partial charge in [0, 0.05) is 29.4 Å². The minimum Gasteiger partial charge on any atom is -0.609 e. The van der Waals surface area contributed by atoms with Crippen molar-refractivity contribution in [2.24, 2.45) is 0 Å². The van der Waals surface area contributed by atoms with Crippen LogP contribution in [0.3, 0.4) is 0 Å². The zero-order valence-electron chi connectivity index (χ0n) is 13.6. The Bertz CT molecular complexity index is 889. The van der Waals surface area contributed by atoms with Crippen molar-refractivity contribution in [3.8, 4) is 23.0 Å². The molecular weight excluding hydrogens is 346 g/mol. The maximum Gasteiger partial charge on any atom is 0.322 e. The van der Waals surface area contributed by atoms with E-state index in [1.54, 1.807) is 31.5 Å². The van der Waals surface area contributed by atoms with Crippen LogP contribution in [0.15, 0.2) is 29.6 Å². The molecule has 1 atom stereocenters. The molecule has 0 amide bonds. The largest absolute Gasteiger partial charge is 0.609 e. The maximum atomic E-state index is 12.6. The smallest absolute Gasteiger partial charge is 0.322 e. The molecule has 2 aromatic heterocycles. The summed E-state index contributed by atoms with van der Waals surface area (Å²) in [6.45, 7) is 0.200. The Morgan fingerprint density at radius 3 is 2.68 bits per heavy atom. The summed E-state index contributed by atoms with van der Waals surface area (Å²) in [4.78, 5) is 11.7. The van der Waals surface area contributed by atoms with Crippen molar-refractivity contribution in [3.05, 3.63) is 30.1 Å². The van der Waals surface area contributed by atoms with Crippen LogP contribution in [0.1, 0.15) is 5.69 Å². The second-order valence-corrected chi connectivity index (χ2v) is 6.65. The van der Waals surface area contributed by atoms with Gasteiger partial charge >= 0.3 is 5.16 Å². The Morgan fingerprint density at radius 2 is 1.92 bits per heavy atom. The molecule has 1 aromatic carbocycles. The number of hydrogen-bond acceptors (Lipinski definition) is 7. The molecule has 4 rings (SSSR count). The van der Waals surface area contributed by atoms with E-state index >= 15 is 0 Å². The zero-order valence-corrected chi connectivity index (χ0v) is 14.4. The van der Waals surface area contributed by atoms with Crippen LogP contribution >= 0.6 is 0 Å². The van der Waals surface area contributed by atoms with E-state index in [1.807, 2.05) is 0 Å². The van der Waals surface area contributed by atoms with Crippen LogP contribution in [-0.4, -0.2) is 40.5 Å². The summed E-state index contributed by atoms with van der Waals surface area (Å²) in [5.74, 6) is 2.55. The normalized spacial score (nSPS) is 13.9. The number of aromatic nitrogens is 3. The molecule has 3 heterocycles. The Balaban J connectivity index is 1.58. The molecule has 1 N–H and O–H groups in total. The summed E-state index contributed by atoms with van der Waals surface area (Å²) < 4.78 is 33.7. The summed E-state index contributed by atoms with van der Waals surface area (Å²) in [7, 11) is 3.08. The first-order chi connectivity index (χ1) is 12.2. The molecular formula is C16H15N3O5S. The van der Waals surface area contributed by atoms with Crippen LogP contribution in [0.4, 0.5) is 0 Å². The van der Waals surface area contributed by atoms with Crippen molar-refractivity contribution in [2.75, 3.05) is 21.0 Å². The highest BCUT2D eigenvalue weighted by molar-refractivity contribution is 7.90. The third kappa shape index (κ3) is 2.92. The Hall–Kier alpha value is -2.65. The third-order valence-electron chi connectivity index (χ3n) is 3.78. The number of hydrogen-bond donors (Lipinski definition) is 1. The van der Waals surface area contributed by atoms with E-state index in [1.165, 1.54) is 7.11 Å². The molecule has 0 saturated carbocycles. The summed E-state index contributed by atoms with van der Waals surface area (Å²) in [6.07, 6.45) is 1.54. The molecule has 0 bridgehead atoms. The van der Waals surface area contributed by atoms with Crippen LogP contribution in [0.2, 0.25) is 0 Å². The van der Waals surface area contributed by atoms with E-state index in [4.69, 9.17) is 18.9 Å². The Labute approximate surface area is 146 Å². The van der Waals surface area contributed by atoms with E-state index in [-0.39, 0.29) is 12.5 Å². The monoisotopic (exact) mass is 361 g/mol. The lowest BCUT2D eigenvalue weighted by Gasteiger charge is -2.10. The highest BCUT2D eigenvalue weighted by Crippen LogP contribution is 2.35. The SMILES string of the molecule is COc1cnc(C[S+]([O-])c2nc3cc4c(cc3[nH]2)OCO4)cc1OC. The molecule has 0 aliphatic carbocycles. The van der Waals surface area contributed by atoms with E-state index in [0.29, 0.717) is 39.4 Å². The lowest BCUT2D eigenvalue weighted by Crippen LogP contribution is -2.08. The van der Waals surface area contributed by atoms with Crippen molar-refractivity contribution >= 4 is 22.2 Å². The number of fused-ring (bicyclic) bond motifs is 2. The van der Waals surface area contributed by atoms with Crippen LogP contribution in [0.25, 0.3) is 11.0 Å². The van der Waals surface area contributed by atoms with Crippen LogP contribution in [0.5, 0.6) is 23.0 Å². The number of nitrogens with zero attached hydrogens (tertiary/aromatic N) is 2. The number of benzene rings is 1. The van der Waals surface area contributed by atoms with E-state index in [0.717, 1.165) is 5.52 Å². The van der Waals surface area contributed by atoms with Gasteiger partial charge in [0.1, 0.15) is 0 Å². The average molecular weight is 361 g/mol. The average Bonchev–Trinajstić information content (AvgIpc) is 3.25. The van der Waals surface area contributed by atoms with Gasteiger partial charge in [0.15, 0.2) is 28.8 Å². The fraction of sp³-hybridized carbons (Fsp3) is 0.250. The quantitative estimate of drug-likeness (QED) is 0.694. The summed E-state index contributed by atoms with van der Waals surface area (Å²) in [5, 5.41) is 0.371. The predicted molar refractivity (Wildman–Crippen MR) is 89.7 cm³/mol. The van der Waals surface area contributed by atoms with Crippen molar-refractivity contribution in [2.45, 2.75) is 10.9 Å². The van der Waals surface area contributed by atoms with Gasteiger partial charge in [-0.2, -0.15) is 4.98 Å². The summed E-state index contributed by atoms with van der Waals surface area (Å²) in [6, 6.07) is 5.26. The number of methoxy groups -OCH3 is 2. The first kappa shape index (κ1) is 15.9. The van der Waals surface area contributed by atoms with Gasteiger partial charge in [0.05, 0.1) is 37.1 Å². The van der Waals surface area contributed by atoms with Crippen molar-refractivity contribution in [1.29, 1.82) is 0 Å². The lowest BCUT2D eigenvalue weighted by molar-refractivity contribution is 0.174. The van der Waals surface area contributed by atoms with Crippen LogP contribution < -0.4 is 18.9 Å². The minimum absolute atomic E-state index is 0.200. The first-order valence-electron chi connectivity index (χ1n) is 7.42. The summed E-state index contributed by atoms with van der Waals surface area (Å²) >= 11 is -1.39. The van der Waals surface area contributed by atoms with E-state index in [9.17, 15) is 4.55 Å². The number of imidazole rings is 1. The lowest BCUT2D eigenvalue weighted by atomic mass is 10.3. The van der Waals surface area contributed by atoms with Gasteiger partial charge in [0.25, 0.3) is 0 Å². The van der Waals surface area contributed by atoms with Crippen molar-refractivity contribution in [1.82, 2.24) is 15.0 Å². The van der Waals surface area contributed by atoms with Gasteiger partial charge in [0.2, 0.25) is 6.79 Å². The van der Waals surface area contributed by atoms with E-state index in [2.05, 4.69) is 15.0 Å². The Morgan fingerprint density at radius 1 is 1.16 bits per heavy atom. The second kappa shape index (κ2) is 6.34. The molecule has 1 aliphatic rings. The second-order valence-electron chi connectivity index (χ2n) is 5.29. The van der Waals surface area contributed by atoms with Crippen molar-refractivity contribution in [3.63, 3.8) is 0 Å². The van der Waals surface area contributed by atoms with Gasteiger partial charge in [-0.05, 0) is 0 Å². The molecule has 0 fully saturated rings. The van der Waals surface area contributed by atoms with Crippen LogP contribution in [0, 0.1) is 0 Å². The molecule has 8 nitrogen and oxygen atoms in total. The van der Waals surface area contributed by atoms with Crippen molar-refractivity contribution < 1.29 is 23.5 Å². The number of pyridine rings is 1. The molecule has 0 radical (unpaired) electrons. The van der Waals surface area contributed by atoms with Gasteiger partial charge in [-0.25, -0.2) is 0 Å². The highest BCUT2D eigenvalue weighted by atomic mass is 32.2. The summed E-state index contributed by atoms with van der Waals surface area (Å²) in [5.41, 5.74) is 2.03. The Kier molecular flexibility index (Phi) is 4.02. The van der Waals surface area contributed by atoms with Gasteiger partial charge < -0.3 is 23.5 Å². The number of ether oxygens (including phenoxy) is 4. The number of aromatic amines is 1. The molecule has 0 spiro atoms. The molecule has 25 heavy (non-hydrogen) atoms. The standard InChI is InChI=1S/C16H15N3O5S/c1-21-12-3-9(17-6-15(12)22-2)7-25(20)16-18-10-4-13-14(24-8-23-13)5-11(10)19-16/h3-6H,7-8H2,1-2H3,(H,18,19). The highest BCUT2D eigenvalue weighted by Gasteiger charge is 2.22. The molecule has 0 saturated heterocycles. The predicted octanol–water partition coefficient (Wildman–Crippen LogP) is 2.01. The third-order valence-corrected chi connectivity index (χ3v) is 4.96. The molecule has 1 unspecified atom stereocenters. The maximum absolute atomic E-state index is 12.6. The van der Waals surface area contributed by atoms with Gasteiger partial charge in [-0.15, -0.1) is 0 Å². The molecule has 9 heteroatoms. The minimum atomic E-state index is -1.39. The van der Waals surface area contributed by atoms with Crippen LogP contribution in [-0.2, 0) is 16.9 Å². The molecule has 1 aliphatic heterocycles. The first-order valence-corrected chi connectivity index (χ1v) is 8.74. The number of H-pyrrole nitrogens is 1. The number of nitrogens with one attached hydrogen (secondary N) is 1. The molecule has 3 aromatic rings. The fourth-order valence-corrected chi connectivity index (χ4v) is 3.53. The fourth-order valence-electron chi connectivity index (χ4n) is 2.54. The van der Waals surface area contributed by atoms with E-state index < -0.39 is 11.2 Å². The van der Waals surface area contributed by atoms with Gasteiger partial charge in [-0.1, -0.05) is 0 Å². The van der Waals surface area contributed by atoms with Gasteiger partial charge in [-0.3, -0.25) is 9.97 Å². The molecule has 130 valence electrons. The number of rotatable bonds is 5. The topological polar surface area (TPSA) is 102 Å².